The van der Waals surface area contributed by atoms with Gasteiger partial charge in [-0.2, -0.15) is 4.98 Å². The van der Waals surface area contributed by atoms with Crippen LogP contribution in [-0.4, -0.2) is 46.9 Å². The Morgan fingerprint density at radius 2 is 2.00 bits per heavy atom. The molecule has 8 heteroatoms. The highest BCUT2D eigenvalue weighted by atomic mass is 79.9. The third-order valence-electron chi connectivity index (χ3n) is 5.26. The second-order valence-corrected chi connectivity index (χ2v) is 8.58. The monoisotopic (exact) mass is 451 g/mol. The molecule has 28 heavy (non-hydrogen) atoms. The molecule has 0 spiro atoms. The highest BCUT2D eigenvalue weighted by Crippen LogP contribution is 2.23. The molecule has 7 nitrogen and oxygen atoms in total. The zero-order valence-corrected chi connectivity index (χ0v) is 18.5. The normalized spacial score (nSPS) is 20.0. The van der Waals surface area contributed by atoms with Crippen molar-refractivity contribution in [1.82, 2.24) is 19.9 Å². The van der Waals surface area contributed by atoms with E-state index in [2.05, 4.69) is 36.5 Å². The van der Waals surface area contributed by atoms with E-state index in [0.717, 1.165) is 50.6 Å². The zero-order valence-electron chi connectivity index (χ0n) is 16.9. The molecule has 1 aliphatic rings. The van der Waals surface area contributed by atoms with Gasteiger partial charge in [-0.1, -0.05) is 0 Å². The summed E-state index contributed by atoms with van der Waals surface area (Å²) in [7, 11) is 1.74. The standard InChI is InChI=1S/C20H30BrN5O2/c1-13(2)26-18-14(11-17(21)19(26)27)12-23-20(25-18)24-16-7-5-15(6-8-16)22-9-4-10-28-3/h11-13,15-16,22H,4-10H2,1-3H3,(H,23,24,25). The third-order valence-corrected chi connectivity index (χ3v) is 5.83. The van der Waals surface area contributed by atoms with Crippen LogP contribution >= 0.6 is 15.9 Å². The van der Waals surface area contributed by atoms with Crippen LogP contribution in [0.4, 0.5) is 5.95 Å². The van der Waals surface area contributed by atoms with Gasteiger partial charge in [-0.05, 0) is 74.5 Å². The number of nitrogens with one attached hydrogen (secondary N) is 2. The molecule has 1 saturated carbocycles. The highest BCUT2D eigenvalue weighted by molar-refractivity contribution is 9.10. The molecule has 2 N–H and O–H groups in total. The molecule has 154 valence electrons. The average Bonchev–Trinajstić information content (AvgIpc) is 2.67. The minimum Gasteiger partial charge on any atom is -0.385 e. The fraction of sp³-hybridized carbons (Fsp3) is 0.650. The first kappa shape index (κ1) is 21.2. The van der Waals surface area contributed by atoms with Crippen molar-refractivity contribution in [3.8, 4) is 0 Å². The van der Waals surface area contributed by atoms with E-state index >= 15 is 0 Å². The summed E-state index contributed by atoms with van der Waals surface area (Å²) >= 11 is 3.35. The third kappa shape index (κ3) is 5.10. The molecular formula is C20H30BrN5O2. The molecule has 0 atom stereocenters. The number of rotatable bonds is 8. The summed E-state index contributed by atoms with van der Waals surface area (Å²) in [5, 5.41) is 7.94. The molecule has 0 unspecified atom stereocenters. The lowest BCUT2D eigenvalue weighted by Gasteiger charge is -2.30. The minimum absolute atomic E-state index is 0.0230. The van der Waals surface area contributed by atoms with Crippen molar-refractivity contribution in [2.75, 3.05) is 25.6 Å². The van der Waals surface area contributed by atoms with E-state index in [4.69, 9.17) is 4.74 Å². The van der Waals surface area contributed by atoms with Crippen molar-refractivity contribution in [3.05, 3.63) is 27.1 Å². The number of methoxy groups -OCH3 is 1. The number of ether oxygens (including phenoxy) is 1. The van der Waals surface area contributed by atoms with E-state index in [1.165, 1.54) is 0 Å². The Balaban J connectivity index is 1.65. The number of fused-ring (bicyclic) bond motifs is 1. The second kappa shape index (κ2) is 9.80. The first-order chi connectivity index (χ1) is 13.5. The molecule has 0 aromatic carbocycles. The van der Waals surface area contributed by atoms with E-state index in [9.17, 15) is 4.79 Å². The van der Waals surface area contributed by atoms with Crippen LogP contribution in [0.3, 0.4) is 0 Å². The van der Waals surface area contributed by atoms with E-state index in [0.29, 0.717) is 28.2 Å². The Labute approximate surface area is 174 Å². The van der Waals surface area contributed by atoms with Gasteiger partial charge in [0.2, 0.25) is 5.95 Å². The van der Waals surface area contributed by atoms with Crippen molar-refractivity contribution < 1.29 is 4.74 Å². The van der Waals surface area contributed by atoms with Crippen LogP contribution in [0.2, 0.25) is 0 Å². The number of anilines is 1. The molecule has 0 amide bonds. The largest absolute Gasteiger partial charge is 0.385 e. The summed E-state index contributed by atoms with van der Waals surface area (Å²) in [5.41, 5.74) is 0.612. The molecule has 0 radical (unpaired) electrons. The maximum absolute atomic E-state index is 12.5. The molecule has 0 aliphatic heterocycles. The van der Waals surface area contributed by atoms with Gasteiger partial charge in [-0.25, -0.2) is 4.98 Å². The molecule has 2 aromatic heterocycles. The van der Waals surface area contributed by atoms with Gasteiger partial charge in [0.15, 0.2) is 0 Å². The number of halogens is 1. The maximum Gasteiger partial charge on any atom is 0.266 e. The fourth-order valence-electron chi connectivity index (χ4n) is 3.78. The van der Waals surface area contributed by atoms with Crippen molar-refractivity contribution in [1.29, 1.82) is 0 Å². The quantitative estimate of drug-likeness (QED) is 0.597. The fourth-order valence-corrected chi connectivity index (χ4v) is 4.22. The van der Waals surface area contributed by atoms with E-state index in [1.807, 2.05) is 13.8 Å². The van der Waals surface area contributed by atoms with Crippen LogP contribution in [0.5, 0.6) is 0 Å². The smallest absolute Gasteiger partial charge is 0.266 e. The molecule has 0 saturated heterocycles. The number of aromatic nitrogens is 3. The van der Waals surface area contributed by atoms with Crippen LogP contribution in [-0.2, 0) is 4.74 Å². The Bertz CT molecular complexity index is 846. The maximum atomic E-state index is 12.5. The minimum atomic E-state index is -0.0628. The zero-order chi connectivity index (χ0) is 20.1. The van der Waals surface area contributed by atoms with Gasteiger partial charge >= 0.3 is 0 Å². The lowest BCUT2D eigenvalue weighted by molar-refractivity contribution is 0.192. The number of hydrogen-bond donors (Lipinski definition) is 2. The first-order valence-corrected chi connectivity index (χ1v) is 10.9. The molecule has 1 fully saturated rings. The van der Waals surface area contributed by atoms with Crippen LogP contribution in [0.1, 0.15) is 52.0 Å². The van der Waals surface area contributed by atoms with Crippen LogP contribution in [0, 0.1) is 0 Å². The molecule has 2 heterocycles. The van der Waals surface area contributed by atoms with Gasteiger partial charge in [-0.15, -0.1) is 0 Å². The summed E-state index contributed by atoms with van der Waals surface area (Å²) in [5.74, 6) is 0.597. The number of pyridine rings is 1. The van der Waals surface area contributed by atoms with Gasteiger partial charge in [0, 0.05) is 43.4 Å². The highest BCUT2D eigenvalue weighted by Gasteiger charge is 2.21. The summed E-state index contributed by atoms with van der Waals surface area (Å²) in [6, 6.07) is 2.76. The summed E-state index contributed by atoms with van der Waals surface area (Å²) in [6.07, 6.45) is 7.29. The van der Waals surface area contributed by atoms with Gasteiger partial charge in [-0.3, -0.25) is 9.36 Å². The van der Waals surface area contributed by atoms with Gasteiger partial charge in [0.25, 0.3) is 5.56 Å². The molecule has 2 aromatic rings. The molecule has 3 rings (SSSR count). The lowest BCUT2D eigenvalue weighted by atomic mass is 9.91. The molecular weight excluding hydrogens is 422 g/mol. The molecule has 0 bridgehead atoms. The van der Waals surface area contributed by atoms with Crippen molar-refractivity contribution >= 4 is 32.9 Å². The van der Waals surface area contributed by atoms with Crippen LogP contribution < -0.4 is 16.2 Å². The predicted molar refractivity (Wildman–Crippen MR) is 116 cm³/mol. The van der Waals surface area contributed by atoms with Crippen molar-refractivity contribution in [2.24, 2.45) is 0 Å². The van der Waals surface area contributed by atoms with E-state index in [-0.39, 0.29) is 11.6 Å². The second-order valence-electron chi connectivity index (χ2n) is 7.73. The summed E-state index contributed by atoms with van der Waals surface area (Å²) in [4.78, 5) is 21.7. The first-order valence-electron chi connectivity index (χ1n) is 10.1. The Morgan fingerprint density at radius 1 is 1.29 bits per heavy atom. The van der Waals surface area contributed by atoms with Crippen LogP contribution in [0.25, 0.3) is 11.0 Å². The Kier molecular flexibility index (Phi) is 7.42. The van der Waals surface area contributed by atoms with Gasteiger partial charge in [0.1, 0.15) is 5.65 Å². The summed E-state index contributed by atoms with van der Waals surface area (Å²) < 4.78 is 7.35. The van der Waals surface area contributed by atoms with E-state index < -0.39 is 0 Å². The summed E-state index contributed by atoms with van der Waals surface area (Å²) in [6.45, 7) is 5.79. The number of hydrogen-bond acceptors (Lipinski definition) is 6. The van der Waals surface area contributed by atoms with Crippen molar-refractivity contribution in [2.45, 2.75) is 64.1 Å². The van der Waals surface area contributed by atoms with Gasteiger partial charge in [0.05, 0.1) is 4.47 Å². The molecule has 1 aliphatic carbocycles. The lowest BCUT2D eigenvalue weighted by Crippen LogP contribution is -2.37. The Hall–Kier alpha value is -1.51. The van der Waals surface area contributed by atoms with E-state index in [1.54, 1.807) is 23.9 Å². The topological polar surface area (TPSA) is 81.1 Å². The predicted octanol–water partition coefficient (Wildman–Crippen LogP) is 3.48. The number of nitrogens with zero attached hydrogens (tertiary/aromatic N) is 3. The Morgan fingerprint density at radius 3 is 2.68 bits per heavy atom. The van der Waals surface area contributed by atoms with Crippen LogP contribution in [0.15, 0.2) is 21.5 Å². The van der Waals surface area contributed by atoms with Gasteiger partial charge < -0.3 is 15.4 Å². The van der Waals surface area contributed by atoms with Crippen molar-refractivity contribution in [3.63, 3.8) is 0 Å². The SMILES string of the molecule is COCCCNC1CCC(Nc2ncc3cc(Br)c(=O)n(C(C)C)c3n2)CC1. The average molecular weight is 452 g/mol.